The molecular formula is C28H36N2O4. The summed E-state index contributed by atoms with van der Waals surface area (Å²) in [6, 6.07) is 15.9. The lowest BCUT2D eigenvalue weighted by Crippen LogP contribution is -2.49. The van der Waals surface area contributed by atoms with Gasteiger partial charge in [-0.15, -0.1) is 0 Å². The van der Waals surface area contributed by atoms with Crippen molar-refractivity contribution in [2.45, 2.75) is 44.6 Å². The van der Waals surface area contributed by atoms with Gasteiger partial charge in [0.2, 0.25) is 11.8 Å². The number of carbonyl (C=O) groups is 2. The fourth-order valence-electron chi connectivity index (χ4n) is 5.10. The number of nitrogens with zero attached hydrogens (tertiary/aromatic N) is 2. The average Bonchev–Trinajstić information content (AvgIpc) is 3.72. The van der Waals surface area contributed by atoms with Gasteiger partial charge in [-0.1, -0.05) is 30.3 Å². The van der Waals surface area contributed by atoms with Gasteiger partial charge >= 0.3 is 0 Å². The zero-order valence-electron chi connectivity index (χ0n) is 20.5. The van der Waals surface area contributed by atoms with Crippen molar-refractivity contribution < 1.29 is 19.1 Å². The highest BCUT2D eigenvalue weighted by atomic mass is 16.5. The van der Waals surface area contributed by atoms with Crippen LogP contribution in [0.3, 0.4) is 0 Å². The molecular weight excluding hydrogens is 428 g/mol. The maximum Gasteiger partial charge on any atom is 0.227 e. The number of para-hydroxylation sites is 1. The molecule has 1 heterocycles. The fourth-order valence-corrected chi connectivity index (χ4v) is 5.10. The number of piperidine rings is 1. The van der Waals surface area contributed by atoms with Gasteiger partial charge in [-0.2, -0.15) is 0 Å². The highest BCUT2D eigenvalue weighted by molar-refractivity contribution is 5.81. The molecule has 2 aromatic carbocycles. The number of hydrogen-bond donors (Lipinski definition) is 0. The zero-order valence-corrected chi connectivity index (χ0v) is 20.5. The number of hydrogen-bond acceptors (Lipinski definition) is 4. The first kappa shape index (κ1) is 24.1. The number of amides is 2. The van der Waals surface area contributed by atoms with Crippen molar-refractivity contribution >= 4 is 11.8 Å². The Balaban J connectivity index is 1.42. The first-order valence-electron chi connectivity index (χ1n) is 12.3. The summed E-state index contributed by atoms with van der Waals surface area (Å²) in [7, 11) is 5.28. The van der Waals surface area contributed by atoms with Gasteiger partial charge in [0.15, 0.2) is 0 Å². The van der Waals surface area contributed by atoms with Crippen LogP contribution in [0, 0.1) is 11.8 Å². The number of methoxy groups -OCH3 is 2. The lowest BCUT2D eigenvalue weighted by molar-refractivity contribution is -0.137. The number of benzene rings is 2. The average molecular weight is 465 g/mol. The van der Waals surface area contributed by atoms with Crippen molar-refractivity contribution in [1.29, 1.82) is 0 Å². The summed E-state index contributed by atoms with van der Waals surface area (Å²) in [6.45, 7) is 1.44. The minimum atomic E-state index is 0.117. The Morgan fingerprint density at radius 3 is 2.41 bits per heavy atom. The Kier molecular flexibility index (Phi) is 7.76. The second-order valence-corrected chi connectivity index (χ2v) is 9.55. The summed E-state index contributed by atoms with van der Waals surface area (Å²) in [6.07, 6.45) is 4.95. The van der Waals surface area contributed by atoms with Gasteiger partial charge in [-0.25, -0.2) is 0 Å². The minimum Gasteiger partial charge on any atom is -0.497 e. The lowest BCUT2D eigenvalue weighted by Gasteiger charge is -2.40. The Labute approximate surface area is 202 Å². The summed E-state index contributed by atoms with van der Waals surface area (Å²) in [4.78, 5) is 29.9. The molecule has 1 aliphatic carbocycles. The molecule has 6 heteroatoms. The largest absolute Gasteiger partial charge is 0.497 e. The molecule has 2 aromatic rings. The van der Waals surface area contributed by atoms with Crippen LogP contribution in [-0.2, 0) is 22.4 Å². The number of likely N-dealkylation sites (tertiary alicyclic amines) is 1. The van der Waals surface area contributed by atoms with Gasteiger partial charge in [-0.3, -0.25) is 9.59 Å². The number of ether oxygens (including phenoxy) is 2. The summed E-state index contributed by atoms with van der Waals surface area (Å²) >= 11 is 0. The topological polar surface area (TPSA) is 59.1 Å². The van der Waals surface area contributed by atoms with Crippen LogP contribution < -0.4 is 9.47 Å². The zero-order chi connectivity index (χ0) is 24.1. The maximum absolute atomic E-state index is 13.0. The van der Waals surface area contributed by atoms with Gasteiger partial charge in [0.1, 0.15) is 11.5 Å². The molecule has 1 aliphatic heterocycles. The summed E-state index contributed by atoms with van der Waals surface area (Å²) in [5.74, 6) is 2.54. The van der Waals surface area contributed by atoms with Crippen molar-refractivity contribution in [3.8, 4) is 11.5 Å². The van der Waals surface area contributed by atoms with Crippen molar-refractivity contribution in [3.05, 3.63) is 59.7 Å². The summed E-state index contributed by atoms with van der Waals surface area (Å²) < 4.78 is 10.8. The molecule has 2 fully saturated rings. The van der Waals surface area contributed by atoms with E-state index >= 15 is 0 Å². The molecule has 0 aromatic heterocycles. The van der Waals surface area contributed by atoms with Crippen LogP contribution in [0.2, 0.25) is 0 Å². The third kappa shape index (κ3) is 5.72. The van der Waals surface area contributed by atoms with E-state index in [0.717, 1.165) is 62.3 Å². The van der Waals surface area contributed by atoms with Crippen LogP contribution in [0.5, 0.6) is 11.5 Å². The molecule has 2 amide bonds. The van der Waals surface area contributed by atoms with Crippen molar-refractivity contribution in [1.82, 2.24) is 9.80 Å². The van der Waals surface area contributed by atoms with E-state index < -0.39 is 0 Å². The standard InChI is InChI=1S/C28H36N2O4/c1-29(28(32)22-11-12-22)25(18-20-7-6-9-24(17-20)33-2)21-13-15-30(16-14-21)27(31)19-23-8-4-5-10-26(23)34-3/h4-10,17,21-22,25H,11-16,18-19H2,1-3H3/t25-/m1/s1. The molecule has 4 rings (SSSR count). The normalized spacial score (nSPS) is 17.2. The molecule has 34 heavy (non-hydrogen) atoms. The predicted molar refractivity (Wildman–Crippen MR) is 132 cm³/mol. The van der Waals surface area contributed by atoms with E-state index in [1.165, 1.54) is 5.56 Å². The van der Waals surface area contributed by atoms with Crippen LogP contribution >= 0.6 is 0 Å². The van der Waals surface area contributed by atoms with Gasteiger partial charge < -0.3 is 19.3 Å². The fraction of sp³-hybridized carbons (Fsp3) is 0.500. The number of carbonyl (C=O) groups excluding carboxylic acids is 2. The molecule has 0 unspecified atom stereocenters. The van der Waals surface area contributed by atoms with E-state index in [2.05, 4.69) is 12.1 Å². The van der Waals surface area contributed by atoms with Crippen molar-refractivity contribution in [2.75, 3.05) is 34.4 Å². The second kappa shape index (κ2) is 10.9. The molecule has 6 nitrogen and oxygen atoms in total. The quantitative estimate of drug-likeness (QED) is 0.564. The highest BCUT2D eigenvalue weighted by Crippen LogP contribution is 2.34. The van der Waals surface area contributed by atoms with Crippen LogP contribution in [0.4, 0.5) is 0 Å². The maximum atomic E-state index is 13.0. The number of likely N-dealkylation sites (N-methyl/N-ethyl adjacent to an activating group) is 1. The Bertz CT molecular complexity index is 995. The minimum absolute atomic E-state index is 0.117. The van der Waals surface area contributed by atoms with Crippen molar-refractivity contribution in [2.24, 2.45) is 11.8 Å². The van der Waals surface area contributed by atoms with Crippen molar-refractivity contribution in [3.63, 3.8) is 0 Å². The van der Waals surface area contributed by atoms with Gasteiger partial charge in [0.25, 0.3) is 0 Å². The molecule has 182 valence electrons. The smallest absolute Gasteiger partial charge is 0.227 e. The Morgan fingerprint density at radius 1 is 1.00 bits per heavy atom. The molecule has 1 atom stereocenters. The van der Waals surface area contributed by atoms with Crippen LogP contribution in [0.15, 0.2) is 48.5 Å². The van der Waals surface area contributed by atoms with E-state index in [-0.39, 0.29) is 23.8 Å². The van der Waals surface area contributed by atoms with Crippen LogP contribution in [0.1, 0.15) is 36.8 Å². The van der Waals surface area contributed by atoms with Gasteiger partial charge in [-0.05, 0) is 61.8 Å². The third-order valence-corrected chi connectivity index (χ3v) is 7.32. The molecule has 1 saturated carbocycles. The monoisotopic (exact) mass is 464 g/mol. The molecule has 0 radical (unpaired) electrons. The second-order valence-electron chi connectivity index (χ2n) is 9.55. The first-order valence-corrected chi connectivity index (χ1v) is 12.3. The first-order chi connectivity index (χ1) is 16.5. The van der Waals surface area contributed by atoms with E-state index in [1.807, 2.05) is 53.2 Å². The lowest BCUT2D eigenvalue weighted by atomic mass is 9.84. The summed E-state index contributed by atoms with van der Waals surface area (Å²) in [5, 5.41) is 0. The SMILES string of the molecule is COc1cccc(C[C@H](C2CCN(C(=O)Cc3ccccc3OC)CC2)N(C)C(=O)C2CC2)c1. The molecule has 0 N–H and O–H groups in total. The van der Waals surface area contributed by atoms with Crippen LogP contribution in [0.25, 0.3) is 0 Å². The van der Waals surface area contributed by atoms with Gasteiger partial charge in [0, 0.05) is 37.7 Å². The predicted octanol–water partition coefficient (Wildman–Crippen LogP) is 3.96. The number of rotatable bonds is 9. The van der Waals surface area contributed by atoms with Gasteiger partial charge in [0.05, 0.1) is 20.6 Å². The molecule has 0 spiro atoms. The van der Waals surface area contributed by atoms with E-state index in [1.54, 1.807) is 14.2 Å². The van der Waals surface area contributed by atoms with E-state index in [4.69, 9.17) is 9.47 Å². The Hall–Kier alpha value is -3.02. The molecule has 2 aliphatic rings. The molecule has 1 saturated heterocycles. The Morgan fingerprint density at radius 2 is 1.74 bits per heavy atom. The van der Waals surface area contributed by atoms with Crippen LogP contribution in [-0.4, -0.2) is 62.0 Å². The van der Waals surface area contributed by atoms with E-state index in [9.17, 15) is 9.59 Å². The highest BCUT2D eigenvalue weighted by Gasteiger charge is 2.38. The van der Waals surface area contributed by atoms with E-state index in [0.29, 0.717) is 12.3 Å². The third-order valence-electron chi connectivity index (χ3n) is 7.32. The molecule has 0 bridgehead atoms. The summed E-state index contributed by atoms with van der Waals surface area (Å²) in [5.41, 5.74) is 2.09.